The number of benzene rings is 3. The molecule has 1 fully saturated rings. The lowest BCUT2D eigenvalue weighted by Crippen LogP contribution is -2.40. The van der Waals surface area contributed by atoms with Crippen LogP contribution in [0.4, 0.5) is 11.4 Å². The number of sulfonamides is 1. The number of anilines is 2. The van der Waals surface area contributed by atoms with Crippen molar-refractivity contribution in [2.75, 3.05) is 28.8 Å². The van der Waals surface area contributed by atoms with Crippen LogP contribution in [0, 0.1) is 5.92 Å². The van der Waals surface area contributed by atoms with Crippen LogP contribution in [0.25, 0.3) is 0 Å². The Morgan fingerprint density at radius 1 is 1.00 bits per heavy atom. The van der Waals surface area contributed by atoms with E-state index in [0.717, 1.165) is 24.2 Å². The highest BCUT2D eigenvalue weighted by Gasteiger charge is 2.27. The molecule has 0 radical (unpaired) electrons. The topological polar surface area (TPSA) is 69.7 Å². The van der Waals surface area contributed by atoms with E-state index >= 15 is 0 Å². The zero-order chi connectivity index (χ0) is 26.4. The van der Waals surface area contributed by atoms with Gasteiger partial charge in [0.25, 0.3) is 10.0 Å². The molecule has 0 aromatic heterocycles. The molecule has 0 bridgehead atoms. The Balaban J connectivity index is 1.46. The van der Waals surface area contributed by atoms with Gasteiger partial charge in [0.05, 0.1) is 10.6 Å². The summed E-state index contributed by atoms with van der Waals surface area (Å²) in [6.07, 6.45) is 2.49. The molecule has 3 aromatic carbocycles. The Morgan fingerprint density at radius 2 is 1.68 bits per heavy atom. The molecule has 1 unspecified atom stereocenters. The third-order valence-corrected chi connectivity index (χ3v) is 8.70. The van der Waals surface area contributed by atoms with Gasteiger partial charge in [-0.05, 0) is 72.2 Å². The molecule has 0 spiro atoms. The normalized spacial score (nSPS) is 16.0. The van der Waals surface area contributed by atoms with Crippen LogP contribution in [0.2, 0.25) is 0 Å². The summed E-state index contributed by atoms with van der Waals surface area (Å²) < 4.78 is 28.2. The number of carbonyl (C=O) groups excluding carboxylic acids is 1. The molecule has 1 aliphatic rings. The summed E-state index contributed by atoms with van der Waals surface area (Å²) in [6, 6.07) is 23.8. The van der Waals surface area contributed by atoms with Gasteiger partial charge in [-0.1, -0.05) is 63.2 Å². The molecule has 0 saturated carbocycles. The van der Waals surface area contributed by atoms with Crippen molar-refractivity contribution in [3.05, 3.63) is 90.0 Å². The van der Waals surface area contributed by atoms with E-state index in [0.29, 0.717) is 24.1 Å². The van der Waals surface area contributed by atoms with E-state index in [-0.39, 0.29) is 17.3 Å². The van der Waals surface area contributed by atoms with Crippen molar-refractivity contribution in [1.82, 2.24) is 5.32 Å². The zero-order valence-corrected chi connectivity index (χ0v) is 22.7. The maximum Gasteiger partial charge on any atom is 0.264 e. The second-order valence-corrected chi connectivity index (χ2v) is 12.1. The summed E-state index contributed by atoms with van der Waals surface area (Å²) in [6.45, 7) is 8.63. The third-order valence-electron chi connectivity index (χ3n) is 6.91. The van der Waals surface area contributed by atoms with Crippen molar-refractivity contribution in [2.24, 2.45) is 5.92 Å². The first-order chi connectivity index (χ1) is 17.7. The lowest BCUT2D eigenvalue weighted by molar-refractivity contribution is -0.119. The van der Waals surface area contributed by atoms with Crippen molar-refractivity contribution >= 4 is 27.3 Å². The van der Waals surface area contributed by atoms with Crippen LogP contribution in [0.15, 0.2) is 83.8 Å². The molecule has 1 heterocycles. The van der Waals surface area contributed by atoms with Crippen LogP contribution in [-0.2, 0) is 21.4 Å². The van der Waals surface area contributed by atoms with Gasteiger partial charge in [0.1, 0.15) is 6.54 Å². The molecule has 1 aliphatic heterocycles. The molecule has 196 valence electrons. The van der Waals surface area contributed by atoms with Gasteiger partial charge >= 0.3 is 0 Å². The lowest BCUT2D eigenvalue weighted by Gasteiger charge is -2.32. The number of hydrogen-bond acceptors (Lipinski definition) is 4. The maximum atomic E-state index is 13.5. The van der Waals surface area contributed by atoms with Gasteiger partial charge < -0.3 is 10.2 Å². The summed E-state index contributed by atoms with van der Waals surface area (Å²) >= 11 is 0. The minimum Gasteiger partial charge on any atom is -0.371 e. The summed E-state index contributed by atoms with van der Waals surface area (Å²) in [5.41, 5.74) is 3.74. The van der Waals surface area contributed by atoms with Crippen molar-refractivity contribution in [1.29, 1.82) is 0 Å². The molecule has 1 atom stereocenters. The number of hydrogen-bond donors (Lipinski definition) is 1. The van der Waals surface area contributed by atoms with Crippen LogP contribution in [0.1, 0.15) is 50.7 Å². The van der Waals surface area contributed by atoms with Gasteiger partial charge in [-0.2, -0.15) is 0 Å². The summed E-state index contributed by atoms with van der Waals surface area (Å²) in [7, 11) is -3.92. The zero-order valence-electron chi connectivity index (χ0n) is 21.9. The Kier molecular flexibility index (Phi) is 8.54. The van der Waals surface area contributed by atoms with E-state index in [1.807, 2.05) is 24.3 Å². The van der Waals surface area contributed by atoms with E-state index in [2.05, 4.69) is 43.1 Å². The maximum absolute atomic E-state index is 13.5. The van der Waals surface area contributed by atoms with E-state index < -0.39 is 10.0 Å². The van der Waals surface area contributed by atoms with Crippen LogP contribution in [0.5, 0.6) is 0 Å². The molecule has 4 rings (SSSR count). The number of carbonyl (C=O) groups is 1. The second-order valence-electron chi connectivity index (χ2n) is 10.2. The SMILES string of the molecule is CC1CCCN(c2ccc(CNC(=O)CN(c3ccc(C(C)C)cc3)S(=O)(=O)c3ccccc3)cc2)C1. The Hall–Kier alpha value is -3.32. The predicted molar refractivity (Wildman–Crippen MR) is 150 cm³/mol. The smallest absolute Gasteiger partial charge is 0.264 e. The molecule has 0 aliphatic carbocycles. The number of amides is 1. The minimum absolute atomic E-state index is 0.151. The Bertz CT molecular complexity index is 1270. The highest BCUT2D eigenvalue weighted by Crippen LogP contribution is 2.26. The van der Waals surface area contributed by atoms with Crippen LogP contribution < -0.4 is 14.5 Å². The van der Waals surface area contributed by atoms with E-state index in [9.17, 15) is 13.2 Å². The van der Waals surface area contributed by atoms with Gasteiger partial charge in [-0.15, -0.1) is 0 Å². The Labute approximate surface area is 221 Å². The number of nitrogens with zero attached hydrogens (tertiary/aromatic N) is 2. The van der Waals surface area contributed by atoms with Gasteiger partial charge in [-0.3, -0.25) is 9.10 Å². The number of piperidine rings is 1. The fourth-order valence-corrected chi connectivity index (χ4v) is 6.14. The first-order valence-electron chi connectivity index (χ1n) is 13.0. The molecule has 3 aromatic rings. The van der Waals surface area contributed by atoms with Crippen LogP contribution in [0.3, 0.4) is 0 Å². The van der Waals surface area contributed by atoms with Crippen LogP contribution in [-0.4, -0.2) is 34.0 Å². The molecular weight excluding hydrogens is 482 g/mol. The molecular formula is C30H37N3O3S. The van der Waals surface area contributed by atoms with Gasteiger partial charge in [0, 0.05) is 25.3 Å². The first kappa shape index (κ1) is 26.7. The summed E-state index contributed by atoms with van der Waals surface area (Å²) in [5, 5.41) is 2.90. The standard InChI is InChI=1S/C30H37N3O3S/c1-23(2)26-13-17-28(18-14-26)33(37(35,36)29-9-5-4-6-10-29)22-30(34)31-20-25-11-15-27(16-12-25)32-19-7-8-24(3)21-32/h4-6,9-18,23-24H,7-8,19-22H2,1-3H3,(H,31,34). The van der Waals surface area contributed by atoms with E-state index in [1.165, 1.54) is 22.8 Å². The molecule has 37 heavy (non-hydrogen) atoms. The monoisotopic (exact) mass is 519 g/mol. The van der Waals surface area contributed by atoms with E-state index in [4.69, 9.17) is 0 Å². The molecule has 6 nitrogen and oxygen atoms in total. The van der Waals surface area contributed by atoms with Gasteiger partial charge in [0.15, 0.2) is 0 Å². The number of nitrogens with one attached hydrogen (secondary N) is 1. The lowest BCUT2D eigenvalue weighted by atomic mass is 9.99. The van der Waals surface area contributed by atoms with Crippen LogP contribution >= 0.6 is 0 Å². The second kappa shape index (κ2) is 11.8. The third kappa shape index (κ3) is 6.72. The fourth-order valence-electron chi connectivity index (χ4n) is 4.70. The molecule has 1 amide bonds. The average Bonchev–Trinajstić information content (AvgIpc) is 2.91. The van der Waals surface area contributed by atoms with Gasteiger partial charge in [-0.25, -0.2) is 8.42 Å². The minimum atomic E-state index is -3.92. The fraction of sp³-hybridized carbons (Fsp3) is 0.367. The van der Waals surface area contributed by atoms with E-state index in [1.54, 1.807) is 42.5 Å². The summed E-state index contributed by atoms with van der Waals surface area (Å²) in [5.74, 6) is 0.659. The molecule has 1 N–H and O–H groups in total. The van der Waals surface area contributed by atoms with Crippen molar-refractivity contribution < 1.29 is 13.2 Å². The quantitative estimate of drug-likeness (QED) is 0.402. The van der Waals surface area contributed by atoms with Crippen molar-refractivity contribution in [2.45, 2.75) is 51.0 Å². The molecule has 7 heteroatoms. The molecule has 1 saturated heterocycles. The van der Waals surface area contributed by atoms with Crippen molar-refractivity contribution in [3.63, 3.8) is 0 Å². The Morgan fingerprint density at radius 3 is 2.30 bits per heavy atom. The van der Waals surface area contributed by atoms with Crippen molar-refractivity contribution in [3.8, 4) is 0 Å². The average molecular weight is 520 g/mol. The first-order valence-corrected chi connectivity index (χ1v) is 14.5. The highest BCUT2D eigenvalue weighted by atomic mass is 32.2. The highest BCUT2D eigenvalue weighted by molar-refractivity contribution is 7.92. The summed E-state index contributed by atoms with van der Waals surface area (Å²) in [4.78, 5) is 15.5. The largest absolute Gasteiger partial charge is 0.371 e. The predicted octanol–water partition coefficient (Wildman–Crippen LogP) is 5.56. The number of rotatable bonds is 9. The van der Waals surface area contributed by atoms with Gasteiger partial charge in [0.2, 0.25) is 5.91 Å².